The Bertz CT molecular complexity index is 616. The van der Waals surface area contributed by atoms with Crippen molar-refractivity contribution in [1.82, 2.24) is 0 Å². The number of halogens is 2. The molecular formula is C14H12BrFN2O. The molecule has 0 heterocycles. The van der Waals surface area contributed by atoms with Gasteiger partial charge in [0.25, 0.3) is 5.91 Å². The van der Waals surface area contributed by atoms with E-state index in [1.165, 1.54) is 18.2 Å². The predicted molar refractivity (Wildman–Crippen MR) is 78.0 cm³/mol. The summed E-state index contributed by atoms with van der Waals surface area (Å²) >= 11 is 3.34. The van der Waals surface area contributed by atoms with Crippen LogP contribution in [0.3, 0.4) is 0 Å². The minimum atomic E-state index is -0.448. The molecule has 98 valence electrons. The average molecular weight is 323 g/mol. The fourth-order valence-corrected chi connectivity index (χ4v) is 2.06. The Morgan fingerprint density at radius 2 is 1.89 bits per heavy atom. The van der Waals surface area contributed by atoms with E-state index in [0.717, 1.165) is 4.47 Å². The van der Waals surface area contributed by atoms with E-state index in [2.05, 4.69) is 26.6 Å². The number of rotatable bonds is 3. The van der Waals surface area contributed by atoms with E-state index < -0.39 is 5.82 Å². The van der Waals surface area contributed by atoms with Gasteiger partial charge in [-0.05, 0) is 46.3 Å². The largest absolute Gasteiger partial charge is 0.387 e. The first-order valence-corrected chi connectivity index (χ1v) is 6.44. The number of carbonyl (C=O) groups excluding carboxylic acids is 1. The zero-order valence-electron chi connectivity index (χ0n) is 10.2. The van der Waals surface area contributed by atoms with E-state index in [4.69, 9.17) is 0 Å². The summed E-state index contributed by atoms with van der Waals surface area (Å²) in [5.74, 6) is -0.813. The third kappa shape index (κ3) is 3.12. The highest BCUT2D eigenvalue weighted by Crippen LogP contribution is 2.23. The summed E-state index contributed by atoms with van der Waals surface area (Å²) in [5, 5.41) is 5.60. The Morgan fingerprint density at radius 1 is 1.16 bits per heavy atom. The van der Waals surface area contributed by atoms with Crippen LogP contribution in [0.1, 0.15) is 10.4 Å². The lowest BCUT2D eigenvalue weighted by molar-refractivity contribution is 0.102. The molecule has 0 aliphatic heterocycles. The molecule has 0 bridgehead atoms. The zero-order chi connectivity index (χ0) is 13.8. The number of hydrogen-bond donors (Lipinski definition) is 2. The molecule has 0 radical (unpaired) electrons. The van der Waals surface area contributed by atoms with Crippen molar-refractivity contribution in [3.63, 3.8) is 0 Å². The molecule has 0 aliphatic rings. The van der Waals surface area contributed by atoms with Crippen LogP contribution in [0, 0.1) is 5.82 Å². The molecule has 2 aromatic carbocycles. The van der Waals surface area contributed by atoms with Gasteiger partial charge in [-0.25, -0.2) is 4.39 Å². The minimum Gasteiger partial charge on any atom is -0.387 e. The minimum absolute atomic E-state index is 0.262. The maximum absolute atomic E-state index is 13.2. The molecule has 2 aromatic rings. The van der Waals surface area contributed by atoms with Gasteiger partial charge in [-0.3, -0.25) is 4.79 Å². The summed E-state index contributed by atoms with van der Waals surface area (Å²) < 4.78 is 14.0. The van der Waals surface area contributed by atoms with Gasteiger partial charge in [-0.2, -0.15) is 0 Å². The molecule has 5 heteroatoms. The van der Waals surface area contributed by atoms with Gasteiger partial charge < -0.3 is 10.6 Å². The van der Waals surface area contributed by atoms with Crippen molar-refractivity contribution in [2.75, 3.05) is 17.7 Å². The monoisotopic (exact) mass is 322 g/mol. The Hall–Kier alpha value is -1.88. The third-order valence-corrected chi connectivity index (χ3v) is 3.31. The smallest absolute Gasteiger partial charge is 0.257 e. The van der Waals surface area contributed by atoms with Crippen molar-refractivity contribution in [2.24, 2.45) is 0 Å². The van der Waals surface area contributed by atoms with Crippen LogP contribution < -0.4 is 10.6 Å². The lowest BCUT2D eigenvalue weighted by Gasteiger charge is -2.11. The molecule has 0 unspecified atom stereocenters. The number of benzene rings is 2. The van der Waals surface area contributed by atoms with Crippen LogP contribution in [-0.4, -0.2) is 13.0 Å². The number of carbonyl (C=O) groups is 1. The van der Waals surface area contributed by atoms with Crippen LogP contribution in [0.5, 0.6) is 0 Å². The van der Waals surface area contributed by atoms with Crippen LogP contribution in [0.25, 0.3) is 0 Å². The maximum Gasteiger partial charge on any atom is 0.257 e. The Morgan fingerprint density at radius 3 is 2.58 bits per heavy atom. The number of hydrogen-bond acceptors (Lipinski definition) is 2. The standard InChI is InChI=1S/C14H12BrFN2O/c1-17-12-7-6-9(16)8-10(12)14(19)18-13-5-3-2-4-11(13)15/h2-8,17H,1H3,(H,18,19). The number of amides is 1. The van der Waals surface area contributed by atoms with Crippen molar-refractivity contribution < 1.29 is 9.18 Å². The Kier molecular flexibility index (Phi) is 4.16. The van der Waals surface area contributed by atoms with Crippen LogP contribution in [0.4, 0.5) is 15.8 Å². The summed E-state index contributed by atoms with van der Waals surface area (Å²) in [4.78, 5) is 12.2. The van der Waals surface area contributed by atoms with Crippen LogP contribution in [0.2, 0.25) is 0 Å². The number of nitrogens with one attached hydrogen (secondary N) is 2. The number of para-hydroxylation sites is 1. The van der Waals surface area contributed by atoms with Gasteiger partial charge in [0.15, 0.2) is 0 Å². The van der Waals surface area contributed by atoms with Crippen molar-refractivity contribution in [2.45, 2.75) is 0 Å². The van der Waals surface area contributed by atoms with Crippen LogP contribution in [-0.2, 0) is 0 Å². The second kappa shape index (κ2) is 5.84. The molecule has 1 amide bonds. The highest BCUT2D eigenvalue weighted by molar-refractivity contribution is 9.10. The normalized spacial score (nSPS) is 10.1. The van der Waals surface area contributed by atoms with Crippen molar-refractivity contribution in [3.05, 3.63) is 58.3 Å². The van der Waals surface area contributed by atoms with E-state index in [9.17, 15) is 9.18 Å². The van der Waals surface area contributed by atoms with Crippen molar-refractivity contribution in [1.29, 1.82) is 0 Å². The first-order valence-electron chi connectivity index (χ1n) is 5.65. The fourth-order valence-electron chi connectivity index (χ4n) is 1.67. The molecule has 0 atom stereocenters. The van der Waals surface area contributed by atoms with Crippen LogP contribution in [0.15, 0.2) is 46.9 Å². The molecule has 0 fully saturated rings. The second-order valence-corrected chi connectivity index (χ2v) is 4.73. The summed E-state index contributed by atoms with van der Waals surface area (Å²) in [6.07, 6.45) is 0. The molecule has 2 rings (SSSR count). The molecule has 0 saturated carbocycles. The van der Waals surface area contributed by atoms with Gasteiger partial charge in [-0.1, -0.05) is 12.1 Å². The second-order valence-electron chi connectivity index (χ2n) is 3.87. The first kappa shape index (κ1) is 13.5. The maximum atomic E-state index is 13.2. The van der Waals surface area contributed by atoms with Gasteiger partial charge >= 0.3 is 0 Å². The molecule has 0 spiro atoms. The summed E-state index contributed by atoms with van der Waals surface area (Å²) in [7, 11) is 1.68. The van der Waals surface area contributed by atoms with E-state index in [-0.39, 0.29) is 11.5 Å². The highest BCUT2D eigenvalue weighted by Gasteiger charge is 2.13. The molecule has 19 heavy (non-hydrogen) atoms. The van der Waals surface area contributed by atoms with Crippen molar-refractivity contribution >= 4 is 33.2 Å². The topological polar surface area (TPSA) is 41.1 Å². The lowest BCUT2D eigenvalue weighted by atomic mass is 10.1. The Labute approximate surface area is 119 Å². The first-order chi connectivity index (χ1) is 9.11. The third-order valence-electron chi connectivity index (χ3n) is 2.62. The average Bonchev–Trinajstić information content (AvgIpc) is 2.41. The van der Waals surface area contributed by atoms with Crippen molar-refractivity contribution in [3.8, 4) is 0 Å². The van der Waals surface area contributed by atoms with Gasteiger partial charge in [0.1, 0.15) is 5.82 Å². The van der Waals surface area contributed by atoms with Crippen LogP contribution >= 0.6 is 15.9 Å². The molecular weight excluding hydrogens is 311 g/mol. The zero-order valence-corrected chi connectivity index (χ0v) is 11.8. The van der Waals surface area contributed by atoms with E-state index >= 15 is 0 Å². The Balaban J connectivity index is 2.30. The summed E-state index contributed by atoms with van der Waals surface area (Å²) in [6.45, 7) is 0. The van der Waals surface area contributed by atoms with E-state index in [1.54, 1.807) is 13.1 Å². The van der Waals surface area contributed by atoms with E-state index in [0.29, 0.717) is 11.4 Å². The predicted octanol–water partition coefficient (Wildman–Crippen LogP) is 3.88. The van der Waals surface area contributed by atoms with E-state index in [1.807, 2.05) is 18.2 Å². The highest BCUT2D eigenvalue weighted by atomic mass is 79.9. The van der Waals surface area contributed by atoms with Gasteiger partial charge in [-0.15, -0.1) is 0 Å². The molecule has 2 N–H and O–H groups in total. The summed E-state index contributed by atoms with van der Waals surface area (Å²) in [6, 6.07) is 11.3. The molecule has 3 nitrogen and oxygen atoms in total. The molecule has 0 aliphatic carbocycles. The van der Waals surface area contributed by atoms with Gasteiger partial charge in [0.05, 0.1) is 11.3 Å². The quantitative estimate of drug-likeness (QED) is 0.900. The van der Waals surface area contributed by atoms with Gasteiger partial charge in [0.2, 0.25) is 0 Å². The summed E-state index contributed by atoms with van der Waals surface area (Å²) in [5.41, 5.74) is 1.48. The fraction of sp³-hybridized carbons (Fsp3) is 0.0714. The van der Waals surface area contributed by atoms with Gasteiger partial charge in [0, 0.05) is 17.2 Å². The molecule has 0 aromatic heterocycles. The molecule has 0 saturated heterocycles. The lowest BCUT2D eigenvalue weighted by Crippen LogP contribution is -2.14. The SMILES string of the molecule is CNc1ccc(F)cc1C(=O)Nc1ccccc1Br. The number of anilines is 2.